The van der Waals surface area contributed by atoms with Crippen molar-refractivity contribution in [3.63, 3.8) is 0 Å². The summed E-state index contributed by atoms with van der Waals surface area (Å²) in [6, 6.07) is 3.68. The van der Waals surface area contributed by atoms with E-state index in [0.29, 0.717) is 5.69 Å². The number of likely N-dealkylation sites (N-methyl/N-ethyl adjacent to an activating group) is 1. The maximum atomic E-state index is 12.1. The number of halogens is 1. The van der Waals surface area contributed by atoms with Gasteiger partial charge in [0, 0.05) is 12.1 Å². The highest BCUT2D eigenvalue weighted by atomic mass is 35.5. The van der Waals surface area contributed by atoms with Crippen LogP contribution >= 0.6 is 11.6 Å². The Labute approximate surface area is 129 Å². The molecule has 1 aromatic rings. The lowest BCUT2D eigenvalue weighted by atomic mass is 10.2. The number of hydrogen-bond acceptors (Lipinski definition) is 4. The van der Waals surface area contributed by atoms with Gasteiger partial charge in [0.2, 0.25) is 5.91 Å². The molecular weight excluding hydrogens is 294 g/mol. The maximum Gasteiger partial charge on any atom is 0.271 e. The molecular formula is C14H20ClN3O3. The average molecular weight is 314 g/mol. The molecule has 0 aliphatic heterocycles. The topological polar surface area (TPSA) is 75.5 Å². The Morgan fingerprint density at radius 2 is 2.19 bits per heavy atom. The van der Waals surface area contributed by atoms with E-state index in [2.05, 4.69) is 12.2 Å². The fourth-order valence-corrected chi connectivity index (χ4v) is 1.98. The molecule has 0 spiro atoms. The number of anilines is 1. The Hall–Kier alpha value is -1.66. The molecule has 6 nitrogen and oxygen atoms in total. The van der Waals surface area contributed by atoms with Crippen LogP contribution in [0.1, 0.15) is 26.7 Å². The second-order valence-electron chi connectivity index (χ2n) is 4.92. The molecule has 0 saturated heterocycles. The number of nitrogens with zero attached hydrogens (tertiary/aromatic N) is 2. The Kier molecular flexibility index (Phi) is 6.58. The second-order valence-corrected chi connectivity index (χ2v) is 5.33. The van der Waals surface area contributed by atoms with Gasteiger partial charge < -0.3 is 5.32 Å². The lowest BCUT2D eigenvalue weighted by Crippen LogP contribution is -2.40. The third-order valence-corrected chi connectivity index (χ3v) is 3.64. The largest absolute Gasteiger partial charge is 0.323 e. The van der Waals surface area contributed by atoms with Crippen LogP contribution in [0.25, 0.3) is 0 Å². The number of nitro benzene ring substituents is 1. The minimum Gasteiger partial charge on any atom is -0.323 e. The van der Waals surface area contributed by atoms with Crippen LogP contribution in [-0.4, -0.2) is 35.4 Å². The number of carbonyl (C=O) groups excluding carboxylic acids is 1. The molecule has 1 N–H and O–H groups in total. The number of rotatable bonds is 7. The van der Waals surface area contributed by atoms with Crippen molar-refractivity contribution in [2.24, 2.45) is 0 Å². The van der Waals surface area contributed by atoms with E-state index in [-0.39, 0.29) is 22.7 Å². The highest BCUT2D eigenvalue weighted by molar-refractivity contribution is 6.34. The third-order valence-electron chi connectivity index (χ3n) is 3.33. The SMILES string of the molecule is CCCCN(C)C(C)C(=O)Nc1ccc([N+](=O)[O-])cc1Cl. The highest BCUT2D eigenvalue weighted by Crippen LogP contribution is 2.26. The van der Waals surface area contributed by atoms with Crippen molar-refractivity contribution < 1.29 is 9.72 Å². The molecule has 0 saturated carbocycles. The molecule has 0 fully saturated rings. The fourth-order valence-electron chi connectivity index (χ4n) is 1.76. The molecule has 0 aromatic heterocycles. The van der Waals surface area contributed by atoms with Gasteiger partial charge in [-0.3, -0.25) is 19.8 Å². The second kappa shape index (κ2) is 7.95. The molecule has 1 atom stereocenters. The van der Waals surface area contributed by atoms with Crippen LogP contribution in [0.15, 0.2) is 18.2 Å². The predicted octanol–water partition coefficient (Wildman–Crippen LogP) is 3.31. The van der Waals surface area contributed by atoms with Crippen LogP contribution in [0.3, 0.4) is 0 Å². The van der Waals surface area contributed by atoms with E-state index in [9.17, 15) is 14.9 Å². The van der Waals surface area contributed by atoms with Gasteiger partial charge in [0.05, 0.1) is 21.7 Å². The predicted molar refractivity (Wildman–Crippen MR) is 83.7 cm³/mol. The van der Waals surface area contributed by atoms with E-state index in [4.69, 9.17) is 11.6 Å². The van der Waals surface area contributed by atoms with E-state index in [0.717, 1.165) is 19.4 Å². The fraction of sp³-hybridized carbons (Fsp3) is 0.500. The first-order valence-electron chi connectivity index (χ1n) is 6.81. The summed E-state index contributed by atoms with van der Waals surface area (Å²) in [6.45, 7) is 4.73. The molecule has 7 heteroatoms. The number of non-ortho nitro benzene ring substituents is 1. The van der Waals surface area contributed by atoms with Crippen LogP contribution in [0.2, 0.25) is 5.02 Å². The van der Waals surface area contributed by atoms with E-state index in [1.807, 2.05) is 18.9 Å². The van der Waals surface area contributed by atoms with Gasteiger partial charge in [-0.15, -0.1) is 0 Å². The summed E-state index contributed by atoms with van der Waals surface area (Å²) < 4.78 is 0. The van der Waals surface area contributed by atoms with Crippen LogP contribution < -0.4 is 5.32 Å². The molecule has 1 amide bonds. The van der Waals surface area contributed by atoms with Crippen molar-refractivity contribution in [3.8, 4) is 0 Å². The van der Waals surface area contributed by atoms with Gasteiger partial charge in [-0.25, -0.2) is 0 Å². The third kappa shape index (κ3) is 4.99. The van der Waals surface area contributed by atoms with Crippen LogP contribution in [0.4, 0.5) is 11.4 Å². The Balaban J connectivity index is 2.72. The monoisotopic (exact) mass is 313 g/mol. The average Bonchev–Trinajstić information content (AvgIpc) is 2.45. The lowest BCUT2D eigenvalue weighted by Gasteiger charge is -2.23. The Morgan fingerprint density at radius 1 is 1.52 bits per heavy atom. The zero-order valence-electron chi connectivity index (χ0n) is 12.4. The van der Waals surface area contributed by atoms with Gasteiger partial charge in [0.25, 0.3) is 5.69 Å². The number of unbranched alkanes of at least 4 members (excludes halogenated alkanes) is 1. The number of nitro groups is 1. The smallest absolute Gasteiger partial charge is 0.271 e. The van der Waals surface area contributed by atoms with Crippen LogP contribution in [0, 0.1) is 10.1 Å². The summed E-state index contributed by atoms with van der Waals surface area (Å²) >= 11 is 5.95. The molecule has 0 radical (unpaired) electrons. The van der Waals surface area contributed by atoms with Gasteiger partial charge in [-0.05, 0) is 33.0 Å². The number of carbonyl (C=O) groups is 1. The molecule has 1 unspecified atom stereocenters. The summed E-state index contributed by atoms with van der Waals surface area (Å²) in [5.41, 5.74) is 0.272. The molecule has 1 rings (SSSR count). The van der Waals surface area contributed by atoms with Crippen molar-refractivity contribution in [2.75, 3.05) is 18.9 Å². The molecule has 0 heterocycles. The Morgan fingerprint density at radius 3 is 2.71 bits per heavy atom. The number of amides is 1. The summed E-state index contributed by atoms with van der Waals surface area (Å²) in [4.78, 5) is 24.2. The zero-order chi connectivity index (χ0) is 16.0. The molecule has 116 valence electrons. The number of hydrogen-bond donors (Lipinski definition) is 1. The summed E-state index contributed by atoms with van der Waals surface area (Å²) in [5.74, 6) is -0.190. The molecule has 21 heavy (non-hydrogen) atoms. The van der Waals surface area contributed by atoms with Crippen molar-refractivity contribution in [3.05, 3.63) is 33.3 Å². The summed E-state index contributed by atoms with van der Waals surface area (Å²) in [7, 11) is 1.89. The van der Waals surface area contributed by atoms with Crippen molar-refractivity contribution >= 4 is 28.9 Å². The van der Waals surface area contributed by atoms with Gasteiger partial charge in [0.1, 0.15) is 0 Å². The first-order chi connectivity index (χ1) is 9.86. The van der Waals surface area contributed by atoms with Crippen LogP contribution in [0.5, 0.6) is 0 Å². The first-order valence-corrected chi connectivity index (χ1v) is 7.19. The number of benzene rings is 1. The molecule has 1 aromatic carbocycles. The van der Waals surface area contributed by atoms with Gasteiger partial charge in [-0.1, -0.05) is 24.9 Å². The van der Waals surface area contributed by atoms with Crippen LogP contribution in [-0.2, 0) is 4.79 Å². The van der Waals surface area contributed by atoms with Crippen molar-refractivity contribution in [2.45, 2.75) is 32.7 Å². The lowest BCUT2D eigenvalue weighted by molar-refractivity contribution is -0.384. The normalized spacial score (nSPS) is 12.2. The van der Waals surface area contributed by atoms with Gasteiger partial charge in [0.15, 0.2) is 0 Å². The quantitative estimate of drug-likeness (QED) is 0.619. The van der Waals surface area contributed by atoms with Crippen molar-refractivity contribution in [1.82, 2.24) is 4.90 Å². The van der Waals surface area contributed by atoms with E-state index in [1.165, 1.54) is 18.2 Å². The number of nitrogens with one attached hydrogen (secondary N) is 1. The molecule has 0 bridgehead atoms. The van der Waals surface area contributed by atoms with E-state index in [1.54, 1.807) is 0 Å². The van der Waals surface area contributed by atoms with E-state index < -0.39 is 4.92 Å². The summed E-state index contributed by atoms with van der Waals surface area (Å²) in [6.07, 6.45) is 2.08. The highest BCUT2D eigenvalue weighted by Gasteiger charge is 2.19. The molecule has 0 aliphatic rings. The minimum atomic E-state index is -0.529. The standard InChI is InChI=1S/C14H20ClN3O3/c1-4-5-8-17(3)10(2)14(19)16-13-7-6-11(18(20)21)9-12(13)15/h6-7,9-10H,4-5,8H2,1-3H3,(H,16,19). The Bertz CT molecular complexity index is 522. The van der Waals surface area contributed by atoms with E-state index >= 15 is 0 Å². The zero-order valence-corrected chi connectivity index (χ0v) is 13.2. The summed E-state index contributed by atoms with van der Waals surface area (Å²) in [5, 5.41) is 13.5. The minimum absolute atomic E-state index is 0.105. The first kappa shape index (κ1) is 17.4. The molecule has 0 aliphatic carbocycles. The van der Waals surface area contributed by atoms with Gasteiger partial charge >= 0.3 is 0 Å². The van der Waals surface area contributed by atoms with Crippen molar-refractivity contribution in [1.29, 1.82) is 0 Å². The van der Waals surface area contributed by atoms with Gasteiger partial charge in [-0.2, -0.15) is 0 Å². The maximum absolute atomic E-state index is 12.1.